The molecule has 2 atom stereocenters. The van der Waals surface area contributed by atoms with Gasteiger partial charge in [-0.2, -0.15) is 0 Å². The van der Waals surface area contributed by atoms with Gasteiger partial charge in [0, 0.05) is 60.2 Å². The van der Waals surface area contributed by atoms with Crippen LogP contribution in [-0.4, -0.2) is 109 Å². The Bertz CT molecular complexity index is 2480. The van der Waals surface area contributed by atoms with Gasteiger partial charge in [0.05, 0.1) is 29.4 Å². The van der Waals surface area contributed by atoms with Crippen LogP contribution < -0.4 is 31.6 Å². The summed E-state index contributed by atoms with van der Waals surface area (Å²) < 4.78 is 33.8. The minimum atomic E-state index is -1.10. The number of piperidine rings is 1. The Morgan fingerprint density at radius 1 is 0.844 bits per heavy atom. The van der Waals surface area contributed by atoms with Gasteiger partial charge in [-0.25, -0.2) is 4.39 Å². The molecule has 0 radical (unpaired) electrons. The number of nitrogens with two attached hydrogens (primary N) is 2. The van der Waals surface area contributed by atoms with Crippen LogP contribution in [0, 0.1) is 5.82 Å². The molecule has 4 aromatic rings. The topological polar surface area (TPSA) is 213 Å². The van der Waals surface area contributed by atoms with E-state index in [0.717, 1.165) is 41.7 Å². The first kappa shape index (κ1) is 44.4. The normalized spacial score (nSPS) is 20.4. The summed E-state index contributed by atoms with van der Waals surface area (Å²) in [5.41, 5.74) is 14.2. The Kier molecular flexibility index (Phi) is 13.4. The molecule has 1 aliphatic carbocycles. The van der Waals surface area contributed by atoms with Crippen molar-refractivity contribution < 1.29 is 47.4 Å². The molecule has 1 saturated carbocycles. The molecule has 3 heterocycles. The van der Waals surface area contributed by atoms with Crippen molar-refractivity contribution in [3.8, 4) is 22.6 Å². The molecule has 0 spiro atoms. The van der Waals surface area contributed by atoms with Crippen LogP contribution in [0.15, 0.2) is 78.9 Å². The van der Waals surface area contributed by atoms with E-state index in [1.807, 2.05) is 36.4 Å². The molecule has 3 aliphatic heterocycles. The monoisotopic (exact) mass is 894 g/mol. The van der Waals surface area contributed by atoms with E-state index >= 15 is 4.39 Å². The number of ether oxygens (including phenoxy) is 3. The van der Waals surface area contributed by atoms with Crippen molar-refractivity contribution in [2.75, 3.05) is 39.5 Å². The molecule has 334 valence electrons. The van der Waals surface area contributed by atoms with E-state index in [0.29, 0.717) is 18.2 Å². The third-order valence-electron chi connectivity index (χ3n) is 12.3. The molecule has 4 aromatic carbocycles. The number of carbonyl (C=O) groups is 6. The van der Waals surface area contributed by atoms with E-state index in [-0.39, 0.29) is 108 Å². The van der Waals surface area contributed by atoms with Crippen molar-refractivity contribution >= 4 is 47.0 Å². The van der Waals surface area contributed by atoms with E-state index in [9.17, 15) is 28.8 Å². The Morgan fingerprint density at radius 2 is 1.59 bits per heavy atom. The van der Waals surface area contributed by atoms with Gasteiger partial charge in [-0.05, 0) is 85.7 Å². The van der Waals surface area contributed by atoms with Gasteiger partial charge >= 0.3 is 0 Å². The van der Waals surface area contributed by atoms with E-state index in [4.69, 9.17) is 37.3 Å². The molecular weight excluding hydrogens is 847 g/mol. The average Bonchev–Trinajstić information content (AvgIpc) is 3.51. The van der Waals surface area contributed by atoms with E-state index in [2.05, 4.69) is 10.6 Å². The number of hydrogen-bond donors (Lipinski definition) is 4. The Balaban J connectivity index is 0.849. The van der Waals surface area contributed by atoms with Crippen LogP contribution in [0.3, 0.4) is 0 Å². The lowest BCUT2D eigenvalue weighted by Crippen LogP contribution is -2.56. The van der Waals surface area contributed by atoms with Crippen LogP contribution in [0.4, 0.5) is 4.39 Å². The highest BCUT2D eigenvalue weighted by Crippen LogP contribution is 2.39. The number of primary amides is 1. The summed E-state index contributed by atoms with van der Waals surface area (Å²) in [5.74, 6) is -4.51. The third-order valence-corrected chi connectivity index (χ3v) is 12.6. The molecule has 64 heavy (non-hydrogen) atoms. The first-order valence-electron chi connectivity index (χ1n) is 21.3. The number of nitrogens with zero attached hydrogens (tertiary/aromatic N) is 2. The fourth-order valence-corrected chi connectivity index (χ4v) is 8.91. The van der Waals surface area contributed by atoms with E-state index in [1.54, 1.807) is 12.1 Å². The van der Waals surface area contributed by atoms with Gasteiger partial charge in [-0.15, -0.1) is 0 Å². The highest BCUT2D eigenvalue weighted by atomic mass is 35.5. The third kappa shape index (κ3) is 9.50. The van der Waals surface area contributed by atoms with Gasteiger partial charge in [0.1, 0.15) is 18.4 Å². The fraction of sp³-hybridized carbons (Fsp3) is 0.362. The summed E-state index contributed by atoms with van der Waals surface area (Å²) in [6, 6.07) is 21.8. The maximum absolute atomic E-state index is 16.5. The SMILES string of the molecule is NC(=O)c1ccc(OCCOC2CN(C(=O)COc3ccc4c(c3)C(=O)N(C3CCC(=O)NC3=O)C4=O)C2)c(F)c1-c1cc(C(CNC2CCC(N)CC2)c2ccccc2)ccc1Cl. The zero-order valence-corrected chi connectivity index (χ0v) is 35.6. The Labute approximate surface area is 373 Å². The predicted molar refractivity (Wildman–Crippen MR) is 232 cm³/mol. The standard InChI is InChI=1S/C47H48ClFN6O9/c48-37-14-6-27(36(26-4-2-1-3-5-26)22-52-29-9-7-28(50)8-10-29)20-35(37)42-33(44(51)58)13-16-39(43(42)49)63-19-18-62-31-23-54(24-31)41(57)25-64-30-11-12-32-34(21-30)47(61)55(46(32)60)38-15-17-40(56)53-45(38)59/h1-6,11-14,16,20-21,28-29,31,36,38,52H,7-10,15,17-19,22-25,50H2,(H2,51,58)(H,53,56,59). The second-order valence-corrected chi connectivity index (χ2v) is 16.9. The molecule has 8 rings (SSSR count). The molecule has 2 saturated heterocycles. The summed E-state index contributed by atoms with van der Waals surface area (Å²) in [5, 5.41) is 6.11. The molecule has 2 unspecified atom stereocenters. The van der Waals surface area contributed by atoms with E-state index < -0.39 is 41.4 Å². The number of amides is 6. The van der Waals surface area contributed by atoms with Crippen LogP contribution in [0.25, 0.3) is 11.1 Å². The number of carbonyl (C=O) groups excluding carboxylic acids is 6. The summed E-state index contributed by atoms with van der Waals surface area (Å²) >= 11 is 6.74. The Hall–Kier alpha value is -6.20. The Morgan fingerprint density at radius 3 is 2.33 bits per heavy atom. The van der Waals surface area contributed by atoms with Gasteiger partial charge in [-0.3, -0.25) is 39.0 Å². The molecule has 6 N–H and O–H groups in total. The molecule has 0 bridgehead atoms. The molecule has 3 fully saturated rings. The van der Waals surface area contributed by atoms with Gasteiger partial charge in [0.25, 0.3) is 17.7 Å². The molecule has 4 aliphatic rings. The number of hydrogen-bond acceptors (Lipinski definition) is 11. The number of benzene rings is 4. The summed E-state index contributed by atoms with van der Waals surface area (Å²) in [4.78, 5) is 78.0. The minimum absolute atomic E-state index is 0.00437. The maximum Gasteiger partial charge on any atom is 0.262 e. The number of rotatable bonds is 16. The minimum Gasteiger partial charge on any atom is -0.488 e. The van der Waals surface area contributed by atoms with Gasteiger partial charge < -0.3 is 35.9 Å². The largest absolute Gasteiger partial charge is 0.488 e. The first-order valence-corrected chi connectivity index (χ1v) is 21.7. The number of imide groups is 2. The number of nitrogens with one attached hydrogen (secondary N) is 2. The van der Waals surface area contributed by atoms with Gasteiger partial charge in [-0.1, -0.05) is 48.0 Å². The average molecular weight is 895 g/mol. The molecule has 0 aromatic heterocycles. The summed E-state index contributed by atoms with van der Waals surface area (Å²) in [7, 11) is 0. The lowest BCUT2D eigenvalue weighted by molar-refractivity contribution is -0.147. The van der Waals surface area contributed by atoms with Crippen LogP contribution in [0.5, 0.6) is 11.5 Å². The van der Waals surface area contributed by atoms with Crippen LogP contribution >= 0.6 is 11.6 Å². The lowest BCUT2D eigenvalue weighted by Gasteiger charge is -2.38. The molecule has 17 heteroatoms. The lowest BCUT2D eigenvalue weighted by atomic mass is 9.87. The zero-order chi connectivity index (χ0) is 45.1. The van der Waals surface area contributed by atoms with Crippen LogP contribution in [0.1, 0.15) is 86.6 Å². The first-order chi connectivity index (χ1) is 30.9. The van der Waals surface area contributed by atoms with Crippen molar-refractivity contribution in [1.82, 2.24) is 20.4 Å². The quantitative estimate of drug-likeness (QED) is 0.0919. The van der Waals surface area contributed by atoms with Crippen molar-refractivity contribution in [1.29, 1.82) is 0 Å². The smallest absolute Gasteiger partial charge is 0.262 e. The number of fused-ring (bicyclic) bond motifs is 1. The second-order valence-electron chi connectivity index (χ2n) is 16.5. The van der Waals surface area contributed by atoms with Crippen molar-refractivity contribution in [2.24, 2.45) is 11.5 Å². The molecular formula is C47H48ClFN6O9. The predicted octanol–water partition coefficient (Wildman–Crippen LogP) is 4.32. The van der Waals surface area contributed by atoms with Gasteiger partial charge in [0.2, 0.25) is 17.7 Å². The molecule has 6 amide bonds. The number of halogens is 2. The van der Waals surface area contributed by atoms with Crippen molar-refractivity contribution in [3.63, 3.8) is 0 Å². The maximum atomic E-state index is 16.5. The van der Waals surface area contributed by atoms with Crippen LogP contribution in [0.2, 0.25) is 5.02 Å². The van der Waals surface area contributed by atoms with Gasteiger partial charge in [0.15, 0.2) is 18.2 Å². The van der Waals surface area contributed by atoms with Crippen molar-refractivity contribution in [2.45, 2.75) is 68.7 Å². The summed E-state index contributed by atoms with van der Waals surface area (Å²) in [6.07, 6.45) is 3.63. The summed E-state index contributed by atoms with van der Waals surface area (Å²) in [6.45, 7) is 0.858. The highest BCUT2D eigenvalue weighted by Gasteiger charge is 2.45. The zero-order valence-electron chi connectivity index (χ0n) is 34.9. The second kappa shape index (κ2) is 19.3. The van der Waals surface area contributed by atoms with Crippen molar-refractivity contribution in [3.05, 3.63) is 118 Å². The number of likely N-dealkylation sites (tertiary alicyclic amines) is 1. The molecule has 15 nitrogen and oxygen atoms in total. The van der Waals surface area contributed by atoms with Crippen LogP contribution in [-0.2, 0) is 19.1 Å². The highest BCUT2D eigenvalue weighted by molar-refractivity contribution is 6.33. The fourth-order valence-electron chi connectivity index (χ4n) is 8.70. The van der Waals surface area contributed by atoms with E-state index in [1.165, 1.54) is 35.2 Å².